The quantitative estimate of drug-likeness (QED) is 0.214. The largest absolute Gasteiger partial charge is 0.334 e. The van der Waals surface area contributed by atoms with E-state index in [2.05, 4.69) is 143 Å². The third-order valence-corrected chi connectivity index (χ3v) is 9.43. The van der Waals surface area contributed by atoms with Gasteiger partial charge in [0.05, 0.1) is 24.5 Å². The van der Waals surface area contributed by atoms with E-state index in [1.165, 1.54) is 65.5 Å². The molecule has 0 bridgehead atoms. The molecule has 6 aromatic carbocycles. The number of hydrogen-bond acceptors (Lipinski definition) is 2. The second-order valence-corrected chi connectivity index (χ2v) is 11.8. The summed E-state index contributed by atoms with van der Waals surface area (Å²) in [6.07, 6.45) is 0. The van der Waals surface area contributed by atoms with Gasteiger partial charge >= 0.3 is 0 Å². The summed E-state index contributed by atoms with van der Waals surface area (Å²) >= 11 is 0. The molecule has 0 atom stereocenters. The highest BCUT2D eigenvalue weighted by molar-refractivity contribution is 6.15. The smallest absolute Gasteiger partial charge is 0.149 e. The minimum Gasteiger partial charge on any atom is -0.334 e. The molecule has 4 nitrogen and oxygen atoms in total. The standard InChI is InChI=1S/C40H26N4/c1-5-19-33-26(13-1)27-14-2-6-20-34(27)43(33)23-32-39-30-17-9-11-25-12-10-18-31(38(25)30)40(39)42-37(41-32)24-44-35-21-7-3-15-28(35)29-16-4-8-22-36(29)44/h1-22H,23-24H2. The first-order chi connectivity index (χ1) is 21.8. The predicted octanol–water partition coefficient (Wildman–Crippen LogP) is 9.59. The van der Waals surface area contributed by atoms with Crippen LogP contribution in [0, 0.1) is 0 Å². The van der Waals surface area contributed by atoms with Crippen molar-refractivity contribution in [3.8, 4) is 22.4 Å². The van der Waals surface area contributed by atoms with Crippen molar-refractivity contribution in [2.45, 2.75) is 13.1 Å². The van der Waals surface area contributed by atoms with Crippen molar-refractivity contribution in [2.75, 3.05) is 0 Å². The van der Waals surface area contributed by atoms with Crippen LogP contribution in [0.4, 0.5) is 0 Å². The Morgan fingerprint density at radius 1 is 0.432 bits per heavy atom. The summed E-state index contributed by atoms with van der Waals surface area (Å²) < 4.78 is 4.81. The lowest BCUT2D eigenvalue weighted by Gasteiger charge is -2.15. The van der Waals surface area contributed by atoms with E-state index < -0.39 is 0 Å². The van der Waals surface area contributed by atoms with Crippen LogP contribution in [0.2, 0.25) is 0 Å². The van der Waals surface area contributed by atoms with Crippen LogP contribution in [0.3, 0.4) is 0 Å². The lowest BCUT2D eigenvalue weighted by atomic mass is 10.0. The highest BCUT2D eigenvalue weighted by Gasteiger charge is 2.28. The Morgan fingerprint density at radius 3 is 1.45 bits per heavy atom. The molecule has 44 heavy (non-hydrogen) atoms. The topological polar surface area (TPSA) is 35.6 Å². The Bertz CT molecular complexity index is 2510. The molecule has 3 aromatic heterocycles. The molecule has 9 aromatic rings. The van der Waals surface area contributed by atoms with Gasteiger partial charge < -0.3 is 9.13 Å². The van der Waals surface area contributed by atoms with Gasteiger partial charge in [-0.25, -0.2) is 9.97 Å². The van der Waals surface area contributed by atoms with Gasteiger partial charge in [0.25, 0.3) is 0 Å². The molecular formula is C40H26N4. The van der Waals surface area contributed by atoms with Crippen molar-refractivity contribution in [1.82, 2.24) is 19.1 Å². The Morgan fingerprint density at radius 2 is 0.909 bits per heavy atom. The summed E-state index contributed by atoms with van der Waals surface area (Å²) in [6, 6.07) is 47.9. The first-order valence-electron chi connectivity index (χ1n) is 15.2. The van der Waals surface area contributed by atoms with E-state index in [0.29, 0.717) is 13.1 Å². The average Bonchev–Trinajstić information content (AvgIpc) is 3.69. The van der Waals surface area contributed by atoms with Crippen LogP contribution >= 0.6 is 0 Å². The molecule has 0 N–H and O–H groups in total. The van der Waals surface area contributed by atoms with Gasteiger partial charge in [0, 0.05) is 54.7 Å². The summed E-state index contributed by atoms with van der Waals surface area (Å²) in [5, 5.41) is 7.56. The molecule has 0 aliphatic heterocycles. The van der Waals surface area contributed by atoms with Crippen LogP contribution in [0.25, 0.3) is 76.8 Å². The van der Waals surface area contributed by atoms with E-state index in [1.807, 2.05) is 0 Å². The fourth-order valence-corrected chi connectivity index (χ4v) is 7.61. The number of hydrogen-bond donors (Lipinski definition) is 0. The number of rotatable bonds is 4. The monoisotopic (exact) mass is 562 g/mol. The zero-order valence-electron chi connectivity index (χ0n) is 23.9. The van der Waals surface area contributed by atoms with Crippen molar-refractivity contribution in [1.29, 1.82) is 0 Å². The predicted molar refractivity (Wildman–Crippen MR) is 181 cm³/mol. The van der Waals surface area contributed by atoms with Gasteiger partial charge in [-0.1, -0.05) is 109 Å². The van der Waals surface area contributed by atoms with Gasteiger partial charge in [0.15, 0.2) is 0 Å². The minimum atomic E-state index is 0.591. The van der Waals surface area contributed by atoms with Gasteiger partial charge in [0.2, 0.25) is 0 Å². The molecule has 3 heterocycles. The number of benzene rings is 6. The molecule has 0 unspecified atom stereocenters. The number of aromatic nitrogens is 4. The third-order valence-electron chi connectivity index (χ3n) is 9.43. The van der Waals surface area contributed by atoms with Crippen LogP contribution in [0.1, 0.15) is 11.5 Å². The molecule has 0 spiro atoms. The van der Waals surface area contributed by atoms with E-state index >= 15 is 0 Å². The third kappa shape index (κ3) is 3.22. The first kappa shape index (κ1) is 23.8. The Hall–Kier alpha value is -5.74. The highest BCUT2D eigenvalue weighted by atomic mass is 15.1. The lowest BCUT2D eigenvalue weighted by Crippen LogP contribution is -2.11. The minimum absolute atomic E-state index is 0.591. The Labute approximate surface area is 253 Å². The Kier molecular flexibility index (Phi) is 4.80. The van der Waals surface area contributed by atoms with Gasteiger partial charge in [0.1, 0.15) is 5.82 Å². The molecule has 0 amide bonds. The molecule has 0 saturated heterocycles. The normalized spacial score (nSPS) is 12.3. The van der Waals surface area contributed by atoms with Crippen LogP contribution in [-0.2, 0) is 13.1 Å². The molecule has 0 saturated carbocycles. The maximum Gasteiger partial charge on any atom is 0.149 e. The van der Waals surface area contributed by atoms with Crippen molar-refractivity contribution in [2.24, 2.45) is 0 Å². The van der Waals surface area contributed by atoms with Crippen LogP contribution in [0.15, 0.2) is 133 Å². The molecule has 10 rings (SSSR count). The molecule has 1 aliphatic carbocycles. The summed E-state index contributed by atoms with van der Waals surface area (Å²) in [6.45, 7) is 1.25. The lowest BCUT2D eigenvalue weighted by molar-refractivity contribution is 0.760. The summed E-state index contributed by atoms with van der Waals surface area (Å²) in [5.74, 6) is 0.829. The molecule has 4 heteroatoms. The molecule has 1 aliphatic rings. The zero-order chi connectivity index (χ0) is 28.8. The van der Waals surface area contributed by atoms with Crippen LogP contribution in [0.5, 0.6) is 0 Å². The molecular weight excluding hydrogens is 536 g/mol. The van der Waals surface area contributed by atoms with Gasteiger partial charge in [-0.3, -0.25) is 0 Å². The average molecular weight is 563 g/mol. The van der Waals surface area contributed by atoms with E-state index in [0.717, 1.165) is 22.8 Å². The summed E-state index contributed by atoms with van der Waals surface area (Å²) in [4.78, 5) is 10.8. The fraction of sp³-hybridized carbons (Fsp3) is 0.0500. The fourth-order valence-electron chi connectivity index (χ4n) is 7.61. The molecule has 0 radical (unpaired) electrons. The number of nitrogens with zero attached hydrogens (tertiary/aromatic N) is 4. The van der Waals surface area contributed by atoms with Crippen molar-refractivity contribution in [3.05, 3.63) is 145 Å². The van der Waals surface area contributed by atoms with E-state index in [1.54, 1.807) is 0 Å². The first-order valence-corrected chi connectivity index (χ1v) is 15.2. The number of para-hydroxylation sites is 4. The number of fused-ring (bicyclic) bond motifs is 9. The van der Waals surface area contributed by atoms with Crippen LogP contribution in [-0.4, -0.2) is 19.1 Å². The SMILES string of the molecule is c1cc2c3c(cccc3c1)-c1c(Cn3c4ccccc4c4ccccc43)nc(Cn3c4ccccc4c4ccccc43)nc1-2. The molecule has 0 fully saturated rings. The summed E-state index contributed by atoms with van der Waals surface area (Å²) in [5.41, 5.74) is 10.5. The maximum absolute atomic E-state index is 5.44. The van der Waals surface area contributed by atoms with E-state index in [-0.39, 0.29) is 0 Å². The van der Waals surface area contributed by atoms with Crippen molar-refractivity contribution < 1.29 is 0 Å². The highest BCUT2D eigenvalue weighted by Crippen LogP contribution is 2.48. The van der Waals surface area contributed by atoms with Gasteiger partial charge in [-0.15, -0.1) is 0 Å². The summed E-state index contributed by atoms with van der Waals surface area (Å²) in [7, 11) is 0. The molecule has 206 valence electrons. The van der Waals surface area contributed by atoms with Crippen molar-refractivity contribution >= 4 is 54.4 Å². The Balaban J connectivity index is 1.24. The maximum atomic E-state index is 5.44. The van der Waals surface area contributed by atoms with Crippen LogP contribution < -0.4 is 0 Å². The zero-order valence-corrected chi connectivity index (χ0v) is 23.9. The van der Waals surface area contributed by atoms with E-state index in [4.69, 9.17) is 9.97 Å². The second kappa shape index (κ2) is 8.88. The van der Waals surface area contributed by atoms with Gasteiger partial charge in [-0.05, 0) is 40.6 Å². The van der Waals surface area contributed by atoms with Crippen molar-refractivity contribution in [3.63, 3.8) is 0 Å². The second-order valence-electron chi connectivity index (χ2n) is 11.8. The van der Waals surface area contributed by atoms with E-state index in [9.17, 15) is 0 Å². The van der Waals surface area contributed by atoms with Gasteiger partial charge in [-0.2, -0.15) is 0 Å².